The number of hydrogen-bond acceptors (Lipinski definition) is 4. The zero-order chi connectivity index (χ0) is 10.7. The van der Waals surface area contributed by atoms with Crippen molar-refractivity contribution >= 4 is 5.69 Å². The highest BCUT2D eigenvalue weighted by molar-refractivity contribution is 5.51. The second-order valence-corrected chi connectivity index (χ2v) is 2.81. The average Bonchev–Trinajstić information content (AvgIpc) is 2.17. The zero-order valence-electron chi connectivity index (χ0n) is 7.98. The number of aliphatic hydroxyl groups excluding tert-OH is 1. The zero-order valence-corrected chi connectivity index (χ0v) is 7.98. The molecule has 5 heteroatoms. The molecule has 1 N–H and O–H groups in total. The lowest BCUT2D eigenvalue weighted by Gasteiger charge is -2.08. The highest BCUT2D eigenvalue weighted by atomic mass is 16.6. The van der Waals surface area contributed by atoms with Crippen LogP contribution >= 0.6 is 0 Å². The minimum absolute atomic E-state index is 0.0780. The van der Waals surface area contributed by atoms with Gasteiger partial charge in [0, 0.05) is 11.6 Å². The van der Waals surface area contributed by atoms with Gasteiger partial charge in [0.1, 0.15) is 5.75 Å². The molecule has 0 aliphatic rings. The minimum atomic E-state index is -0.516. The third-order valence-corrected chi connectivity index (χ3v) is 2.10. The first-order valence-electron chi connectivity index (χ1n) is 4.03. The van der Waals surface area contributed by atoms with Gasteiger partial charge < -0.3 is 9.84 Å². The van der Waals surface area contributed by atoms with Gasteiger partial charge in [-0.2, -0.15) is 0 Å². The molecule has 0 saturated carbocycles. The Kier molecular flexibility index (Phi) is 3.03. The van der Waals surface area contributed by atoms with Crippen LogP contribution in [0.2, 0.25) is 0 Å². The maximum Gasteiger partial charge on any atom is 0.275 e. The lowest BCUT2D eigenvalue weighted by Crippen LogP contribution is -2.00. The van der Waals surface area contributed by atoms with Crippen molar-refractivity contribution in [2.24, 2.45) is 0 Å². The van der Waals surface area contributed by atoms with Crippen LogP contribution in [0.3, 0.4) is 0 Å². The molecule has 0 amide bonds. The van der Waals surface area contributed by atoms with E-state index >= 15 is 0 Å². The van der Waals surface area contributed by atoms with Gasteiger partial charge in [0.15, 0.2) is 0 Å². The summed E-state index contributed by atoms with van der Waals surface area (Å²) in [6, 6.07) is 2.85. The maximum atomic E-state index is 10.6. The fourth-order valence-corrected chi connectivity index (χ4v) is 1.31. The maximum absolute atomic E-state index is 10.6. The topological polar surface area (TPSA) is 72.6 Å². The summed E-state index contributed by atoms with van der Waals surface area (Å²) in [5.41, 5.74) is 0.823. The number of nitro groups is 1. The molecule has 0 spiro atoms. The molecule has 0 atom stereocenters. The van der Waals surface area contributed by atoms with Gasteiger partial charge >= 0.3 is 0 Å². The van der Waals surface area contributed by atoms with Gasteiger partial charge in [-0.05, 0) is 13.0 Å². The quantitative estimate of drug-likeness (QED) is 0.587. The number of benzene rings is 1. The van der Waals surface area contributed by atoms with E-state index in [9.17, 15) is 10.1 Å². The van der Waals surface area contributed by atoms with Gasteiger partial charge in [-0.15, -0.1) is 0 Å². The first kappa shape index (κ1) is 10.5. The Morgan fingerprint density at radius 2 is 2.21 bits per heavy atom. The van der Waals surface area contributed by atoms with E-state index in [2.05, 4.69) is 0 Å². The smallest absolute Gasteiger partial charge is 0.275 e. The number of nitrogens with zero attached hydrogens (tertiary/aromatic N) is 1. The molecule has 0 heterocycles. The van der Waals surface area contributed by atoms with Crippen LogP contribution in [0.5, 0.6) is 5.75 Å². The summed E-state index contributed by atoms with van der Waals surface area (Å²) in [6.45, 7) is 1.32. The van der Waals surface area contributed by atoms with Crippen molar-refractivity contribution in [1.82, 2.24) is 0 Å². The fraction of sp³-hybridized carbons (Fsp3) is 0.333. The predicted molar refractivity (Wildman–Crippen MR) is 50.3 cm³/mol. The molecule has 0 unspecified atom stereocenters. The Bertz CT molecular complexity index is 362. The van der Waals surface area contributed by atoms with E-state index in [0.29, 0.717) is 16.9 Å². The Morgan fingerprint density at radius 3 is 2.64 bits per heavy atom. The Morgan fingerprint density at radius 1 is 1.57 bits per heavy atom. The summed E-state index contributed by atoms with van der Waals surface area (Å²) >= 11 is 0. The molecule has 76 valence electrons. The average molecular weight is 197 g/mol. The van der Waals surface area contributed by atoms with Gasteiger partial charge in [-0.1, -0.05) is 0 Å². The van der Waals surface area contributed by atoms with Crippen LogP contribution < -0.4 is 4.74 Å². The first-order chi connectivity index (χ1) is 6.61. The van der Waals surface area contributed by atoms with E-state index in [-0.39, 0.29) is 12.3 Å². The first-order valence-corrected chi connectivity index (χ1v) is 4.03. The van der Waals surface area contributed by atoms with Gasteiger partial charge in [0.25, 0.3) is 5.69 Å². The molecule has 0 fully saturated rings. The number of ether oxygens (including phenoxy) is 1. The third-order valence-electron chi connectivity index (χ3n) is 2.10. The summed E-state index contributed by atoms with van der Waals surface area (Å²) in [5, 5.41) is 19.6. The molecule has 1 aromatic carbocycles. The molecular formula is C9H11NO4. The molecule has 0 aliphatic carbocycles. The van der Waals surface area contributed by atoms with Crippen LogP contribution in [0, 0.1) is 17.0 Å². The molecule has 1 aromatic rings. The monoisotopic (exact) mass is 197 g/mol. The number of nitro benzene ring substituents is 1. The standard InChI is InChI=1S/C9H11NO4/c1-6-7(5-11)8(10(12)13)3-4-9(6)14-2/h3-4,11H,5H2,1-2H3. The second-order valence-electron chi connectivity index (χ2n) is 2.81. The van der Waals surface area contributed by atoms with Crippen molar-refractivity contribution in [3.05, 3.63) is 33.4 Å². The Balaban J connectivity index is 3.35. The lowest BCUT2D eigenvalue weighted by atomic mass is 10.1. The summed E-state index contributed by atoms with van der Waals surface area (Å²) in [6.07, 6.45) is 0. The van der Waals surface area contributed by atoms with Crippen LogP contribution in [-0.2, 0) is 6.61 Å². The van der Waals surface area contributed by atoms with E-state index in [4.69, 9.17) is 9.84 Å². The van der Waals surface area contributed by atoms with Gasteiger partial charge in [-0.3, -0.25) is 10.1 Å². The minimum Gasteiger partial charge on any atom is -0.496 e. The SMILES string of the molecule is COc1ccc([N+](=O)[O-])c(CO)c1C. The van der Waals surface area contributed by atoms with E-state index in [1.807, 2.05) is 0 Å². The lowest BCUT2D eigenvalue weighted by molar-refractivity contribution is -0.385. The van der Waals surface area contributed by atoms with E-state index in [0.717, 1.165) is 0 Å². The number of rotatable bonds is 3. The van der Waals surface area contributed by atoms with Gasteiger partial charge in [-0.25, -0.2) is 0 Å². The molecule has 14 heavy (non-hydrogen) atoms. The van der Waals surface area contributed by atoms with E-state index in [1.54, 1.807) is 6.92 Å². The predicted octanol–water partition coefficient (Wildman–Crippen LogP) is 1.40. The molecule has 0 radical (unpaired) electrons. The van der Waals surface area contributed by atoms with Crippen LogP contribution in [0.15, 0.2) is 12.1 Å². The molecule has 0 aromatic heterocycles. The highest BCUT2D eigenvalue weighted by Crippen LogP contribution is 2.29. The van der Waals surface area contributed by atoms with Crippen molar-refractivity contribution in [1.29, 1.82) is 0 Å². The Hall–Kier alpha value is -1.62. The fourth-order valence-electron chi connectivity index (χ4n) is 1.31. The summed E-state index contributed by atoms with van der Waals surface area (Å²) < 4.78 is 4.99. The summed E-state index contributed by atoms with van der Waals surface area (Å²) in [4.78, 5) is 10.1. The van der Waals surface area contributed by atoms with Crippen molar-refractivity contribution < 1.29 is 14.8 Å². The van der Waals surface area contributed by atoms with Crippen molar-refractivity contribution in [2.45, 2.75) is 13.5 Å². The van der Waals surface area contributed by atoms with Crippen molar-refractivity contribution in [3.8, 4) is 5.75 Å². The van der Waals surface area contributed by atoms with E-state index in [1.165, 1.54) is 19.2 Å². The van der Waals surface area contributed by atoms with Crippen molar-refractivity contribution in [3.63, 3.8) is 0 Å². The molecule has 5 nitrogen and oxygen atoms in total. The van der Waals surface area contributed by atoms with Crippen LogP contribution in [0.1, 0.15) is 11.1 Å². The largest absolute Gasteiger partial charge is 0.496 e. The van der Waals surface area contributed by atoms with Crippen LogP contribution in [0.4, 0.5) is 5.69 Å². The molecular weight excluding hydrogens is 186 g/mol. The van der Waals surface area contributed by atoms with Gasteiger partial charge in [0.2, 0.25) is 0 Å². The number of hydrogen-bond donors (Lipinski definition) is 1. The summed E-state index contributed by atoms with van der Waals surface area (Å²) in [5.74, 6) is 0.541. The highest BCUT2D eigenvalue weighted by Gasteiger charge is 2.17. The normalized spacial score (nSPS) is 9.93. The van der Waals surface area contributed by atoms with Gasteiger partial charge in [0.05, 0.1) is 24.2 Å². The molecule has 1 rings (SSSR count). The van der Waals surface area contributed by atoms with Crippen LogP contribution in [0.25, 0.3) is 0 Å². The Labute approximate surface area is 81.1 Å². The third kappa shape index (κ3) is 1.67. The van der Waals surface area contributed by atoms with E-state index < -0.39 is 4.92 Å². The molecule has 0 bridgehead atoms. The number of aliphatic hydroxyl groups is 1. The number of methoxy groups -OCH3 is 1. The molecule has 0 aliphatic heterocycles. The van der Waals surface area contributed by atoms with Crippen LogP contribution in [-0.4, -0.2) is 17.1 Å². The molecule has 0 saturated heterocycles. The van der Waals surface area contributed by atoms with Crippen molar-refractivity contribution in [2.75, 3.05) is 7.11 Å². The summed E-state index contributed by atoms with van der Waals surface area (Å²) in [7, 11) is 1.48. The second kappa shape index (κ2) is 4.06.